The average molecular weight is 433 g/mol. The summed E-state index contributed by atoms with van der Waals surface area (Å²) >= 11 is 0. The number of nitrogens with zero attached hydrogens (tertiary/aromatic N) is 6. The van der Waals surface area contributed by atoms with Crippen molar-refractivity contribution in [2.24, 2.45) is 5.92 Å². The van der Waals surface area contributed by atoms with Gasteiger partial charge >= 0.3 is 0 Å². The second-order valence-corrected chi connectivity index (χ2v) is 8.81. The number of imidazole rings is 1. The van der Waals surface area contributed by atoms with Crippen LogP contribution < -0.4 is 0 Å². The van der Waals surface area contributed by atoms with Gasteiger partial charge in [0.25, 0.3) is 5.91 Å². The quantitative estimate of drug-likeness (QED) is 0.598. The number of hydrogen-bond acceptors (Lipinski definition) is 5. The molecule has 5 heterocycles. The molecule has 2 aliphatic rings. The minimum atomic E-state index is 0.0226. The van der Waals surface area contributed by atoms with Gasteiger partial charge < -0.3 is 14.4 Å². The van der Waals surface area contributed by atoms with Crippen molar-refractivity contribution in [2.45, 2.75) is 38.6 Å². The van der Waals surface area contributed by atoms with Gasteiger partial charge in [0, 0.05) is 51.2 Å². The highest BCUT2D eigenvalue weighted by Gasteiger charge is 2.26. The van der Waals surface area contributed by atoms with E-state index in [0.29, 0.717) is 30.4 Å². The van der Waals surface area contributed by atoms with Gasteiger partial charge in [-0.25, -0.2) is 9.97 Å². The first kappa shape index (κ1) is 20.6. The van der Waals surface area contributed by atoms with Crippen LogP contribution in [-0.4, -0.2) is 67.3 Å². The summed E-state index contributed by atoms with van der Waals surface area (Å²) in [6, 6.07) is 5.77. The highest BCUT2D eigenvalue weighted by atomic mass is 16.2. The smallest absolute Gasteiger partial charge is 0.255 e. The number of pyridine rings is 2. The second kappa shape index (κ2) is 9.06. The van der Waals surface area contributed by atoms with E-state index in [1.807, 2.05) is 38.8 Å². The zero-order valence-corrected chi connectivity index (χ0v) is 18.2. The third-order valence-electron chi connectivity index (χ3n) is 6.66. The van der Waals surface area contributed by atoms with Crippen LogP contribution in [0.15, 0.2) is 43.1 Å². The maximum atomic E-state index is 13.0. The normalized spacial score (nSPS) is 17.4. The Labute approximate surface area is 187 Å². The van der Waals surface area contributed by atoms with E-state index in [0.717, 1.165) is 68.6 Å². The SMILES string of the molecule is O=C1CCCN1CCC1CCN(C(=O)c2cnc3c(c2)ncn3Cc2cccnc2)CC1. The summed E-state index contributed by atoms with van der Waals surface area (Å²) in [5, 5.41) is 0. The number of carbonyl (C=O) groups is 2. The molecule has 2 fully saturated rings. The van der Waals surface area contributed by atoms with Gasteiger partial charge in [0.15, 0.2) is 5.65 Å². The molecule has 0 unspecified atom stereocenters. The van der Waals surface area contributed by atoms with Crippen LogP contribution in [0.3, 0.4) is 0 Å². The molecule has 0 saturated carbocycles. The minimum Gasteiger partial charge on any atom is -0.343 e. The molecule has 0 spiro atoms. The van der Waals surface area contributed by atoms with Crippen LogP contribution in [0, 0.1) is 5.92 Å². The van der Waals surface area contributed by atoms with Crippen molar-refractivity contribution in [1.29, 1.82) is 0 Å². The second-order valence-electron chi connectivity index (χ2n) is 8.81. The van der Waals surface area contributed by atoms with E-state index < -0.39 is 0 Å². The highest BCUT2D eigenvalue weighted by Crippen LogP contribution is 2.24. The van der Waals surface area contributed by atoms with Gasteiger partial charge in [-0.2, -0.15) is 0 Å². The molecule has 0 aromatic carbocycles. The molecule has 32 heavy (non-hydrogen) atoms. The molecule has 166 valence electrons. The molecule has 0 N–H and O–H groups in total. The van der Waals surface area contributed by atoms with Gasteiger partial charge in [0.05, 0.1) is 18.4 Å². The van der Waals surface area contributed by atoms with E-state index in [2.05, 4.69) is 15.0 Å². The van der Waals surface area contributed by atoms with E-state index in [9.17, 15) is 9.59 Å². The van der Waals surface area contributed by atoms with Crippen molar-refractivity contribution in [2.75, 3.05) is 26.2 Å². The Balaban J connectivity index is 1.18. The lowest BCUT2D eigenvalue weighted by molar-refractivity contribution is -0.127. The summed E-state index contributed by atoms with van der Waals surface area (Å²) < 4.78 is 1.97. The largest absolute Gasteiger partial charge is 0.343 e. The van der Waals surface area contributed by atoms with Crippen molar-refractivity contribution in [1.82, 2.24) is 29.3 Å². The highest BCUT2D eigenvalue weighted by molar-refractivity contribution is 5.96. The first-order valence-electron chi connectivity index (χ1n) is 11.4. The van der Waals surface area contributed by atoms with E-state index in [-0.39, 0.29) is 5.91 Å². The predicted octanol–water partition coefficient (Wildman–Crippen LogP) is 2.74. The molecule has 8 nitrogen and oxygen atoms in total. The molecule has 3 aromatic heterocycles. The first-order chi connectivity index (χ1) is 15.7. The molecule has 0 bridgehead atoms. The lowest BCUT2D eigenvalue weighted by Gasteiger charge is -2.32. The summed E-state index contributed by atoms with van der Waals surface area (Å²) in [7, 11) is 0. The Hall–Kier alpha value is -3.29. The molecule has 2 amide bonds. The summed E-state index contributed by atoms with van der Waals surface area (Å²) in [5.41, 5.74) is 3.15. The summed E-state index contributed by atoms with van der Waals surface area (Å²) in [6.45, 7) is 3.92. The zero-order valence-electron chi connectivity index (χ0n) is 18.2. The topological polar surface area (TPSA) is 84.2 Å². The fraction of sp³-hybridized carbons (Fsp3) is 0.458. The standard InChI is InChI=1S/C24H28N6O2/c31-22-4-2-9-28(22)10-5-18-6-11-29(12-7-18)24(32)20-13-21-23(26-15-20)30(17-27-21)16-19-3-1-8-25-14-19/h1,3,8,13-15,17-18H,2,4-7,9-12,16H2. The van der Waals surface area contributed by atoms with Crippen LogP contribution in [0.5, 0.6) is 0 Å². The Morgan fingerprint density at radius 1 is 1.12 bits per heavy atom. The molecule has 5 rings (SSSR count). The lowest BCUT2D eigenvalue weighted by atomic mass is 9.93. The fourth-order valence-electron chi connectivity index (χ4n) is 4.76. The average Bonchev–Trinajstić information content (AvgIpc) is 3.43. The van der Waals surface area contributed by atoms with Gasteiger partial charge in [-0.05, 0) is 49.3 Å². The number of amides is 2. The molecule has 3 aromatic rings. The van der Waals surface area contributed by atoms with Gasteiger partial charge in [0.2, 0.25) is 5.91 Å². The molecule has 0 aliphatic carbocycles. The van der Waals surface area contributed by atoms with Crippen molar-refractivity contribution < 1.29 is 9.59 Å². The van der Waals surface area contributed by atoms with Crippen LogP contribution in [0.1, 0.15) is 48.0 Å². The third-order valence-corrected chi connectivity index (χ3v) is 6.66. The van der Waals surface area contributed by atoms with Crippen LogP contribution in [-0.2, 0) is 11.3 Å². The third kappa shape index (κ3) is 4.35. The van der Waals surface area contributed by atoms with Crippen LogP contribution in [0.4, 0.5) is 0 Å². The van der Waals surface area contributed by atoms with Crippen molar-refractivity contribution in [3.63, 3.8) is 0 Å². The molecule has 0 radical (unpaired) electrons. The summed E-state index contributed by atoms with van der Waals surface area (Å²) in [5.74, 6) is 0.897. The first-order valence-corrected chi connectivity index (χ1v) is 11.4. The predicted molar refractivity (Wildman–Crippen MR) is 120 cm³/mol. The number of carbonyl (C=O) groups excluding carboxylic acids is 2. The van der Waals surface area contributed by atoms with Crippen LogP contribution in [0.2, 0.25) is 0 Å². The minimum absolute atomic E-state index is 0.0226. The van der Waals surface area contributed by atoms with Gasteiger partial charge in [0.1, 0.15) is 5.52 Å². The maximum absolute atomic E-state index is 13.0. The van der Waals surface area contributed by atoms with E-state index in [1.54, 1.807) is 18.7 Å². The number of rotatable bonds is 6. The molecule has 2 aliphatic heterocycles. The van der Waals surface area contributed by atoms with E-state index in [1.165, 1.54) is 0 Å². The molecular weight excluding hydrogens is 404 g/mol. The van der Waals surface area contributed by atoms with Gasteiger partial charge in [-0.3, -0.25) is 14.6 Å². The van der Waals surface area contributed by atoms with E-state index >= 15 is 0 Å². The monoisotopic (exact) mass is 432 g/mol. The van der Waals surface area contributed by atoms with Crippen molar-refractivity contribution >= 4 is 23.0 Å². The Morgan fingerprint density at radius 2 is 2.00 bits per heavy atom. The molecule has 2 saturated heterocycles. The number of likely N-dealkylation sites (tertiary alicyclic amines) is 2. The fourth-order valence-corrected chi connectivity index (χ4v) is 4.76. The molecule has 8 heteroatoms. The van der Waals surface area contributed by atoms with Gasteiger partial charge in [-0.1, -0.05) is 6.07 Å². The van der Waals surface area contributed by atoms with Gasteiger partial charge in [-0.15, -0.1) is 0 Å². The maximum Gasteiger partial charge on any atom is 0.255 e. The van der Waals surface area contributed by atoms with Crippen LogP contribution in [0.25, 0.3) is 11.2 Å². The Kier molecular flexibility index (Phi) is 5.83. The lowest BCUT2D eigenvalue weighted by Crippen LogP contribution is -2.39. The van der Waals surface area contributed by atoms with Crippen molar-refractivity contribution in [3.8, 4) is 0 Å². The van der Waals surface area contributed by atoms with Crippen molar-refractivity contribution in [3.05, 3.63) is 54.2 Å². The Morgan fingerprint density at radius 3 is 2.75 bits per heavy atom. The zero-order chi connectivity index (χ0) is 21.9. The number of fused-ring (bicyclic) bond motifs is 1. The van der Waals surface area contributed by atoms with Crippen LogP contribution >= 0.6 is 0 Å². The number of aromatic nitrogens is 4. The summed E-state index contributed by atoms with van der Waals surface area (Å²) in [6.07, 6.45) is 11.7. The number of piperidine rings is 1. The molecule has 0 atom stereocenters. The Bertz CT molecular complexity index is 1100. The van der Waals surface area contributed by atoms with E-state index in [4.69, 9.17) is 0 Å². The number of hydrogen-bond donors (Lipinski definition) is 0. The summed E-state index contributed by atoms with van der Waals surface area (Å²) in [4.78, 5) is 41.9. The molecular formula is C24H28N6O2.